The highest BCUT2D eigenvalue weighted by molar-refractivity contribution is 9.10. The number of amides is 1. The van der Waals surface area contributed by atoms with Crippen molar-refractivity contribution in [1.82, 2.24) is 10.3 Å². The van der Waals surface area contributed by atoms with Crippen LogP contribution in [0, 0.1) is 5.92 Å². The summed E-state index contributed by atoms with van der Waals surface area (Å²) in [7, 11) is 0. The number of rotatable bonds is 2. The second-order valence-electron chi connectivity index (χ2n) is 5.78. The Hall–Kier alpha value is -1.68. The molecular weight excluding hydrogens is 328 g/mol. The van der Waals surface area contributed by atoms with Gasteiger partial charge in [0.05, 0.1) is 5.56 Å². The van der Waals surface area contributed by atoms with Crippen LogP contribution in [0.2, 0.25) is 0 Å². The number of hydrogen-bond acceptors (Lipinski definition) is 2. The van der Waals surface area contributed by atoms with Gasteiger partial charge in [0, 0.05) is 28.8 Å². The Morgan fingerprint density at radius 2 is 2.14 bits per heavy atom. The van der Waals surface area contributed by atoms with Crippen molar-refractivity contribution in [2.45, 2.75) is 24.8 Å². The van der Waals surface area contributed by atoms with Crippen LogP contribution in [0.4, 0.5) is 0 Å². The zero-order valence-electron chi connectivity index (χ0n) is 11.4. The van der Waals surface area contributed by atoms with Crippen LogP contribution in [0.15, 0.2) is 47.2 Å². The summed E-state index contributed by atoms with van der Waals surface area (Å²) in [5, 5.41) is 3.20. The van der Waals surface area contributed by atoms with E-state index in [1.165, 1.54) is 17.5 Å². The smallest absolute Gasteiger partial charge is 0.252 e. The van der Waals surface area contributed by atoms with Crippen LogP contribution in [0.5, 0.6) is 0 Å². The Balaban J connectivity index is 1.54. The monoisotopic (exact) mass is 342 g/mol. The van der Waals surface area contributed by atoms with Gasteiger partial charge >= 0.3 is 0 Å². The molecule has 4 heteroatoms. The number of benzene rings is 1. The van der Waals surface area contributed by atoms with Crippen molar-refractivity contribution in [3.63, 3.8) is 0 Å². The first-order chi connectivity index (χ1) is 10.3. The van der Waals surface area contributed by atoms with Crippen molar-refractivity contribution >= 4 is 21.8 Å². The van der Waals surface area contributed by atoms with E-state index in [9.17, 15) is 4.79 Å². The van der Waals surface area contributed by atoms with Gasteiger partial charge in [0.15, 0.2) is 0 Å². The lowest BCUT2D eigenvalue weighted by atomic mass is 9.92. The molecule has 1 amide bonds. The molecule has 106 valence electrons. The minimum absolute atomic E-state index is 0.0128. The van der Waals surface area contributed by atoms with E-state index in [4.69, 9.17) is 0 Å². The van der Waals surface area contributed by atoms with Crippen LogP contribution in [-0.2, 0) is 6.42 Å². The largest absolute Gasteiger partial charge is 0.348 e. The summed E-state index contributed by atoms with van der Waals surface area (Å²) in [6, 6.07) is 10.6. The van der Waals surface area contributed by atoms with Gasteiger partial charge in [0.1, 0.15) is 0 Å². The molecule has 0 radical (unpaired) electrons. The fourth-order valence-electron chi connectivity index (χ4n) is 3.55. The molecular formula is C17H15BrN2O. The average Bonchev–Trinajstić information content (AvgIpc) is 3.21. The first-order valence-corrected chi connectivity index (χ1v) is 8.03. The molecule has 1 aromatic heterocycles. The van der Waals surface area contributed by atoms with E-state index in [0.717, 1.165) is 10.9 Å². The third-order valence-corrected chi connectivity index (χ3v) is 5.28. The minimum atomic E-state index is -0.0128. The summed E-state index contributed by atoms with van der Waals surface area (Å²) in [4.78, 5) is 16.4. The molecule has 0 bridgehead atoms. The number of halogens is 1. The van der Waals surface area contributed by atoms with Crippen molar-refractivity contribution in [2.24, 2.45) is 5.92 Å². The molecule has 4 rings (SSSR count). The highest BCUT2D eigenvalue weighted by atomic mass is 79.9. The maximum Gasteiger partial charge on any atom is 0.252 e. The van der Waals surface area contributed by atoms with Crippen molar-refractivity contribution in [1.29, 1.82) is 0 Å². The molecule has 1 heterocycles. The molecule has 3 atom stereocenters. The lowest BCUT2D eigenvalue weighted by molar-refractivity contribution is 0.0947. The third-order valence-electron chi connectivity index (χ3n) is 4.64. The second kappa shape index (κ2) is 4.95. The van der Waals surface area contributed by atoms with Crippen LogP contribution in [0.3, 0.4) is 0 Å². The van der Waals surface area contributed by atoms with Gasteiger partial charge in [-0.05, 0) is 51.9 Å². The Morgan fingerprint density at radius 1 is 1.29 bits per heavy atom. The molecule has 3 unspecified atom stereocenters. The molecule has 1 saturated carbocycles. The molecule has 0 spiro atoms. The number of nitrogens with one attached hydrogen (secondary N) is 1. The van der Waals surface area contributed by atoms with Crippen LogP contribution in [0.25, 0.3) is 0 Å². The predicted molar refractivity (Wildman–Crippen MR) is 84.2 cm³/mol. The lowest BCUT2D eigenvalue weighted by Crippen LogP contribution is -2.27. The van der Waals surface area contributed by atoms with Crippen molar-refractivity contribution in [2.75, 3.05) is 0 Å². The summed E-state index contributed by atoms with van der Waals surface area (Å²) in [5.41, 5.74) is 3.52. The van der Waals surface area contributed by atoms with Gasteiger partial charge in [-0.15, -0.1) is 0 Å². The summed E-state index contributed by atoms with van der Waals surface area (Å²) in [5.74, 6) is 1.09. The maximum atomic E-state index is 12.4. The van der Waals surface area contributed by atoms with E-state index in [-0.39, 0.29) is 11.9 Å². The predicted octanol–water partition coefficient (Wildman–Crippen LogP) is 3.30. The quantitative estimate of drug-likeness (QED) is 0.909. The van der Waals surface area contributed by atoms with E-state index in [0.29, 0.717) is 17.4 Å². The van der Waals surface area contributed by atoms with E-state index in [2.05, 4.69) is 50.5 Å². The van der Waals surface area contributed by atoms with Gasteiger partial charge in [0.25, 0.3) is 5.91 Å². The number of hydrogen-bond donors (Lipinski definition) is 1. The van der Waals surface area contributed by atoms with Gasteiger partial charge in [-0.25, -0.2) is 0 Å². The molecule has 2 aliphatic rings. The summed E-state index contributed by atoms with van der Waals surface area (Å²) < 4.78 is 0.742. The van der Waals surface area contributed by atoms with Crippen LogP contribution in [0.1, 0.15) is 33.8 Å². The number of aryl methyl sites for hydroxylation is 1. The highest BCUT2D eigenvalue weighted by Crippen LogP contribution is 2.54. The average molecular weight is 343 g/mol. The third kappa shape index (κ3) is 2.18. The Bertz CT molecular complexity index is 715. The molecule has 2 aliphatic carbocycles. The number of fused-ring (bicyclic) bond motifs is 3. The summed E-state index contributed by atoms with van der Waals surface area (Å²) in [6.07, 6.45) is 5.60. The number of pyridine rings is 1. The van der Waals surface area contributed by atoms with Crippen molar-refractivity contribution in [3.05, 3.63) is 63.9 Å². The minimum Gasteiger partial charge on any atom is -0.348 e. The molecule has 3 nitrogen and oxygen atoms in total. The van der Waals surface area contributed by atoms with Gasteiger partial charge in [-0.2, -0.15) is 0 Å². The second-order valence-corrected chi connectivity index (χ2v) is 6.64. The van der Waals surface area contributed by atoms with Crippen molar-refractivity contribution in [3.8, 4) is 0 Å². The van der Waals surface area contributed by atoms with E-state index < -0.39 is 0 Å². The van der Waals surface area contributed by atoms with Gasteiger partial charge < -0.3 is 5.32 Å². The number of carbonyl (C=O) groups excluding carboxylic acids is 1. The van der Waals surface area contributed by atoms with Crippen LogP contribution >= 0.6 is 15.9 Å². The van der Waals surface area contributed by atoms with E-state index in [1.54, 1.807) is 18.5 Å². The maximum absolute atomic E-state index is 12.4. The van der Waals surface area contributed by atoms with Crippen molar-refractivity contribution < 1.29 is 4.79 Å². The van der Waals surface area contributed by atoms with Crippen LogP contribution in [-0.4, -0.2) is 16.9 Å². The summed E-state index contributed by atoms with van der Waals surface area (Å²) >= 11 is 3.39. The van der Waals surface area contributed by atoms with E-state index >= 15 is 0 Å². The molecule has 21 heavy (non-hydrogen) atoms. The molecule has 0 aliphatic heterocycles. The first-order valence-electron chi connectivity index (χ1n) is 7.24. The summed E-state index contributed by atoms with van der Waals surface area (Å²) in [6.45, 7) is 0. The molecule has 1 aromatic carbocycles. The molecule has 1 fully saturated rings. The normalized spacial score (nSPS) is 25.7. The zero-order valence-corrected chi connectivity index (χ0v) is 13.0. The SMILES string of the molecule is O=C(NC1C2CCc3ccccc3C21)c1ccncc1Br. The standard InChI is InChI=1S/C17H15BrN2O/c18-14-9-19-8-7-12(14)17(21)20-16-13-6-5-10-3-1-2-4-11(10)15(13)16/h1-4,7-9,13,15-16H,5-6H2,(H,20,21). The Morgan fingerprint density at radius 3 is 3.00 bits per heavy atom. The van der Waals surface area contributed by atoms with Gasteiger partial charge in [-0.1, -0.05) is 24.3 Å². The number of nitrogens with zero attached hydrogens (tertiary/aromatic N) is 1. The zero-order chi connectivity index (χ0) is 14.4. The van der Waals surface area contributed by atoms with Gasteiger partial charge in [0.2, 0.25) is 0 Å². The molecule has 1 N–H and O–H groups in total. The first kappa shape index (κ1) is 13.0. The number of carbonyl (C=O) groups is 1. The number of aromatic nitrogens is 1. The van der Waals surface area contributed by atoms with Gasteiger partial charge in [-0.3, -0.25) is 9.78 Å². The lowest BCUT2D eigenvalue weighted by Gasteiger charge is -2.13. The Kier molecular flexibility index (Phi) is 3.07. The highest BCUT2D eigenvalue weighted by Gasteiger charge is 2.53. The molecule has 0 saturated heterocycles. The van der Waals surface area contributed by atoms with E-state index in [1.807, 2.05) is 0 Å². The topological polar surface area (TPSA) is 42.0 Å². The van der Waals surface area contributed by atoms with Crippen LogP contribution < -0.4 is 5.32 Å². The Labute approximate surface area is 131 Å². The molecule has 2 aromatic rings. The fraction of sp³-hybridized carbons (Fsp3) is 0.294. The fourth-order valence-corrected chi connectivity index (χ4v) is 3.98.